The number of ether oxygens (including phenoxy) is 1. The molecule has 0 aliphatic heterocycles. The molecule has 112 valence electrons. The molecule has 7 nitrogen and oxygen atoms in total. The summed E-state index contributed by atoms with van der Waals surface area (Å²) >= 11 is 0. The zero-order valence-corrected chi connectivity index (χ0v) is 12.1. The van der Waals surface area contributed by atoms with Gasteiger partial charge in [-0.15, -0.1) is 0 Å². The van der Waals surface area contributed by atoms with Crippen molar-refractivity contribution >= 4 is 15.5 Å². The van der Waals surface area contributed by atoms with E-state index in [1.165, 1.54) is 25.1 Å². The summed E-state index contributed by atoms with van der Waals surface area (Å²) in [6.07, 6.45) is 0.537. The standard InChI is InChI=1S/C12H17NO6S/c1-9(14)11-8-10(13(15)16)4-5-12(11)19-6-3-7-20(2,17)18/h4-5,8-9,14H,3,6-7H2,1-2H3/t9-/m1/s1. The molecule has 1 rings (SSSR count). The summed E-state index contributed by atoms with van der Waals surface area (Å²) in [6, 6.07) is 3.93. The van der Waals surface area contributed by atoms with E-state index in [1.807, 2.05) is 0 Å². The SMILES string of the molecule is C[C@@H](O)c1cc([N+](=O)[O-])ccc1OCCCS(C)(=O)=O. The number of aliphatic hydroxyl groups excluding tert-OH is 1. The first kappa shape index (κ1) is 16.4. The average Bonchev–Trinajstić information content (AvgIpc) is 2.33. The Morgan fingerprint density at radius 2 is 2.10 bits per heavy atom. The first-order chi connectivity index (χ1) is 9.20. The molecular formula is C12H17NO6S. The molecule has 0 aliphatic rings. The lowest BCUT2D eigenvalue weighted by atomic mass is 10.1. The van der Waals surface area contributed by atoms with E-state index in [4.69, 9.17) is 4.74 Å². The lowest BCUT2D eigenvalue weighted by Crippen LogP contribution is -2.09. The summed E-state index contributed by atoms with van der Waals surface area (Å²) in [6.45, 7) is 1.63. The van der Waals surface area contributed by atoms with Crippen LogP contribution in [0.2, 0.25) is 0 Å². The zero-order valence-electron chi connectivity index (χ0n) is 11.3. The number of rotatable bonds is 7. The minimum absolute atomic E-state index is 0.00396. The molecule has 1 atom stereocenters. The molecule has 0 spiro atoms. The van der Waals surface area contributed by atoms with Crippen LogP contribution in [-0.4, -0.2) is 37.1 Å². The van der Waals surface area contributed by atoms with E-state index in [-0.39, 0.29) is 18.0 Å². The highest BCUT2D eigenvalue weighted by Gasteiger charge is 2.15. The molecular weight excluding hydrogens is 286 g/mol. The van der Waals surface area contributed by atoms with Crippen LogP contribution >= 0.6 is 0 Å². The van der Waals surface area contributed by atoms with E-state index in [9.17, 15) is 23.6 Å². The number of nitro groups is 1. The predicted molar refractivity (Wildman–Crippen MR) is 73.6 cm³/mol. The van der Waals surface area contributed by atoms with Gasteiger partial charge < -0.3 is 9.84 Å². The minimum atomic E-state index is -3.04. The van der Waals surface area contributed by atoms with Crippen LogP contribution < -0.4 is 4.74 Å². The maximum Gasteiger partial charge on any atom is 0.270 e. The number of nitro benzene ring substituents is 1. The normalized spacial score (nSPS) is 12.9. The molecule has 0 saturated carbocycles. The number of benzene rings is 1. The Morgan fingerprint density at radius 1 is 1.45 bits per heavy atom. The average molecular weight is 303 g/mol. The number of non-ortho nitro benzene ring substituents is 1. The third kappa shape index (κ3) is 5.14. The molecule has 0 saturated heterocycles. The van der Waals surface area contributed by atoms with Crippen LogP contribution in [0.3, 0.4) is 0 Å². The van der Waals surface area contributed by atoms with Gasteiger partial charge in [0.25, 0.3) is 5.69 Å². The summed E-state index contributed by atoms with van der Waals surface area (Å²) in [5.74, 6) is 0.323. The van der Waals surface area contributed by atoms with Gasteiger partial charge in [0.05, 0.1) is 23.4 Å². The molecule has 1 N–H and O–H groups in total. The molecule has 0 aromatic heterocycles. The second kappa shape index (κ2) is 6.67. The monoisotopic (exact) mass is 303 g/mol. The van der Waals surface area contributed by atoms with Crippen molar-refractivity contribution in [2.45, 2.75) is 19.4 Å². The van der Waals surface area contributed by atoms with Gasteiger partial charge in [-0.2, -0.15) is 0 Å². The van der Waals surface area contributed by atoms with Gasteiger partial charge in [0.15, 0.2) is 0 Å². The molecule has 0 amide bonds. The first-order valence-corrected chi connectivity index (χ1v) is 8.03. The Balaban J connectivity index is 2.77. The predicted octanol–water partition coefficient (Wildman–Crippen LogP) is 1.46. The first-order valence-electron chi connectivity index (χ1n) is 5.97. The number of hydrogen-bond acceptors (Lipinski definition) is 6. The van der Waals surface area contributed by atoms with Crippen molar-refractivity contribution < 1.29 is 23.2 Å². The molecule has 1 aromatic carbocycles. The maximum absolute atomic E-state index is 11.0. The van der Waals surface area contributed by atoms with Crippen LogP contribution in [-0.2, 0) is 9.84 Å². The third-order valence-corrected chi connectivity index (χ3v) is 3.60. The van der Waals surface area contributed by atoms with Crippen molar-refractivity contribution in [3.8, 4) is 5.75 Å². The second-order valence-corrected chi connectivity index (χ2v) is 6.75. The van der Waals surface area contributed by atoms with Crippen LogP contribution in [0.1, 0.15) is 25.0 Å². The molecule has 8 heteroatoms. The van der Waals surface area contributed by atoms with Crippen molar-refractivity contribution in [1.82, 2.24) is 0 Å². The number of hydrogen-bond donors (Lipinski definition) is 1. The fourth-order valence-electron chi connectivity index (χ4n) is 1.61. The van der Waals surface area contributed by atoms with Gasteiger partial charge in [-0.3, -0.25) is 10.1 Å². The highest BCUT2D eigenvalue weighted by atomic mass is 32.2. The molecule has 0 fully saturated rings. The van der Waals surface area contributed by atoms with Crippen LogP contribution in [0, 0.1) is 10.1 Å². The zero-order chi connectivity index (χ0) is 15.3. The summed E-state index contributed by atoms with van der Waals surface area (Å²) in [5, 5.41) is 20.3. The highest BCUT2D eigenvalue weighted by Crippen LogP contribution is 2.29. The van der Waals surface area contributed by atoms with Gasteiger partial charge in [-0.1, -0.05) is 0 Å². The van der Waals surface area contributed by atoms with Gasteiger partial charge in [0, 0.05) is 24.0 Å². The number of nitrogens with zero attached hydrogens (tertiary/aromatic N) is 1. The molecule has 0 radical (unpaired) electrons. The topological polar surface area (TPSA) is 107 Å². The quantitative estimate of drug-likeness (QED) is 0.464. The maximum atomic E-state index is 11.0. The lowest BCUT2D eigenvalue weighted by molar-refractivity contribution is -0.385. The summed E-state index contributed by atoms with van der Waals surface area (Å²) in [7, 11) is -3.04. The fraction of sp³-hybridized carbons (Fsp3) is 0.500. The van der Waals surface area contributed by atoms with Crippen LogP contribution in [0.15, 0.2) is 18.2 Å². The number of sulfone groups is 1. The number of aliphatic hydroxyl groups is 1. The Morgan fingerprint density at radius 3 is 2.60 bits per heavy atom. The second-order valence-electron chi connectivity index (χ2n) is 4.49. The smallest absolute Gasteiger partial charge is 0.270 e. The van der Waals surface area contributed by atoms with Crippen LogP contribution in [0.25, 0.3) is 0 Å². The Labute approximate surface area is 117 Å². The van der Waals surface area contributed by atoms with Crippen molar-refractivity contribution in [3.05, 3.63) is 33.9 Å². The summed E-state index contributed by atoms with van der Waals surface area (Å²) < 4.78 is 27.3. The fourth-order valence-corrected chi connectivity index (χ4v) is 2.25. The molecule has 20 heavy (non-hydrogen) atoms. The van der Waals surface area contributed by atoms with E-state index in [2.05, 4.69) is 0 Å². The lowest BCUT2D eigenvalue weighted by Gasteiger charge is -2.13. The van der Waals surface area contributed by atoms with Gasteiger partial charge in [0.2, 0.25) is 0 Å². The summed E-state index contributed by atoms with van der Waals surface area (Å²) in [4.78, 5) is 10.1. The Bertz CT molecular complexity index is 582. The Hall–Kier alpha value is -1.67. The van der Waals surface area contributed by atoms with Crippen molar-refractivity contribution in [3.63, 3.8) is 0 Å². The molecule has 0 aliphatic carbocycles. The third-order valence-electron chi connectivity index (χ3n) is 2.57. The molecule has 1 aromatic rings. The van der Waals surface area contributed by atoms with Gasteiger partial charge >= 0.3 is 0 Å². The van der Waals surface area contributed by atoms with Crippen molar-refractivity contribution in [2.24, 2.45) is 0 Å². The molecule has 0 bridgehead atoms. The van der Waals surface area contributed by atoms with E-state index >= 15 is 0 Å². The van der Waals surface area contributed by atoms with Crippen molar-refractivity contribution in [2.75, 3.05) is 18.6 Å². The van der Waals surface area contributed by atoms with E-state index in [1.54, 1.807) is 0 Å². The Kier molecular flexibility index (Phi) is 5.46. The minimum Gasteiger partial charge on any atom is -0.493 e. The van der Waals surface area contributed by atoms with Crippen LogP contribution in [0.5, 0.6) is 5.75 Å². The van der Waals surface area contributed by atoms with E-state index in [0.717, 1.165) is 6.26 Å². The highest BCUT2D eigenvalue weighted by molar-refractivity contribution is 7.90. The van der Waals surface area contributed by atoms with E-state index < -0.39 is 20.9 Å². The largest absolute Gasteiger partial charge is 0.493 e. The van der Waals surface area contributed by atoms with Gasteiger partial charge in [0.1, 0.15) is 15.6 Å². The molecule has 0 unspecified atom stereocenters. The van der Waals surface area contributed by atoms with Crippen molar-refractivity contribution in [1.29, 1.82) is 0 Å². The van der Waals surface area contributed by atoms with Gasteiger partial charge in [-0.25, -0.2) is 8.42 Å². The van der Waals surface area contributed by atoms with Crippen LogP contribution in [0.4, 0.5) is 5.69 Å². The van der Waals surface area contributed by atoms with E-state index in [0.29, 0.717) is 17.7 Å². The van der Waals surface area contributed by atoms with Gasteiger partial charge in [-0.05, 0) is 19.4 Å². The summed E-state index contributed by atoms with van der Waals surface area (Å²) in [5.41, 5.74) is 0.169. The molecule has 0 heterocycles.